The lowest BCUT2D eigenvalue weighted by Gasteiger charge is -2.27. The molecule has 1 unspecified atom stereocenters. The molecule has 2 heterocycles. The summed E-state index contributed by atoms with van der Waals surface area (Å²) in [6.45, 7) is 0.550. The highest BCUT2D eigenvalue weighted by Crippen LogP contribution is 2.43. The number of carbonyl (C=O) groups excluding carboxylic acids is 2. The third kappa shape index (κ3) is 3.90. The van der Waals surface area contributed by atoms with Crippen molar-refractivity contribution in [3.8, 4) is 5.75 Å². The summed E-state index contributed by atoms with van der Waals surface area (Å²) in [6, 6.07) is 5.20. The molecule has 4 rings (SSSR count). The fourth-order valence-electron chi connectivity index (χ4n) is 3.73. The van der Waals surface area contributed by atoms with E-state index in [-0.39, 0.29) is 5.69 Å². The van der Waals surface area contributed by atoms with E-state index < -0.39 is 71.5 Å². The van der Waals surface area contributed by atoms with Gasteiger partial charge in [0.2, 0.25) is 12.2 Å². The molecule has 33 heavy (non-hydrogen) atoms. The van der Waals surface area contributed by atoms with E-state index in [2.05, 4.69) is 9.97 Å². The van der Waals surface area contributed by atoms with Gasteiger partial charge in [0.05, 0.1) is 35.6 Å². The Morgan fingerprint density at radius 2 is 2.00 bits per heavy atom. The number of amides is 1. The summed E-state index contributed by atoms with van der Waals surface area (Å²) in [5.74, 6) is -6.07. The third-order valence-electron chi connectivity index (χ3n) is 5.23. The number of halogens is 4. The number of rotatable bonds is 7. The van der Waals surface area contributed by atoms with E-state index in [4.69, 9.17) is 4.74 Å². The number of benzene rings is 2. The molecule has 0 aliphatic carbocycles. The summed E-state index contributed by atoms with van der Waals surface area (Å²) in [5.41, 5.74) is 0.481. The fraction of sp³-hybridized carbons (Fsp3) is 0.227. The van der Waals surface area contributed by atoms with Gasteiger partial charge in [0.1, 0.15) is 0 Å². The Morgan fingerprint density at radius 3 is 2.70 bits per heavy atom. The minimum atomic E-state index is -2.67. The van der Waals surface area contributed by atoms with Gasteiger partial charge in [-0.15, -0.1) is 0 Å². The van der Waals surface area contributed by atoms with Crippen LogP contribution in [0.2, 0.25) is 0 Å². The Morgan fingerprint density at radius 1 is 1.24 bits per heavy atom. The van der Waals surface area contributed by atoms with Crippen LogP contribution in [0.15, 0.2) is 48.0 Å². The topological polar surface area (TPSA) is 95.5 Å². The number of fused-ring (bicyclic) bond motifs is 1. The van der Waals surface area contributed by atoms with Gasteiger partial charge in [0.15, 0.2) is 23.1 Å². The second-order valence-electron chi connectivity index (χ2n) is 7.31. The summed E-state index contributed by atoms with van der Waals surface area (Å²) in [4.78, 5) is 33.1. The number of carbonyl (C=O) groups is 2. The molecule has 1 amide bonds. The molecular formula is C22H17F4N3O4. The van der Waals surface area contributed by atoms with Gasteiger partial charge in [-0.3, -0.25) is 14.5 Å². The van der Waals surface area contributed by atoms with Crippen LogP contribution in [0.4, 0.5) is 23.2 Å². The number of aromatic nitrogens is 2. The molecule has 7 nitrogen and oxygen atoms in total. The maximum Gasteiger partial charge on any atom is 0.294 e. The van der Waals surface area contributed by atoms with Gasteiger partial charge in [-0.2, -0.15) is 4.39 Å². The Bertz CT molecular complexity index is 1290. The first kappa shape index (κ1) is 22.3. The maximum absolute atomic E-state index is 15.1. The van der Waals surface area contributed by atoms with E-state index in [0.29, 0.717) is 11.0 Å². The Hall–Kier alpha value is -3.89. The monoisotopic (exact) mass is 463 g/mol. The summed E-state index contributed by atoms with van der Waals surface area (Å²) in [5, 5.41) is 10.4. The summed E-state index contributed by atoms with van der Waals surface area (Å²) >= 11 is 0. The number of ketones is 1. The minimum absolute atomic E-state index is 0.196. The van der Waals surface area contributed by atoms with E-state index >= 15 is 4.39 Å². The molecule has 1 aliphatic rings. The van der Waals surface area contributed by atoms with Crippen LogP contribution in [-0.2, 0) is 9.59 Å². The molecule has 0 bridgehead atoms. The number of aliphatic hydroxyl groups excluding tert-OH is 1. The Balaban J connectivity index is 1.80. The van der Waals surface area contributed by atoms with Crippen LogP contribution < -0.4 is 9.64 Å². The average Bonchev–Trinajstić information content (AvgIpc) is 3.33. The van der Waals surface area contributed by atoms with Crippen molar-refractivity contribution in [1.82, 2.24) is 9.97 Å². The number of nitrogens with zero attached hydrogens (tertiary/aromatic N) is 2. The van der Waals surface area contributed by atoms with Crippen LogP contribution in [0.25, 0.3) is 11.0 Å². The van der Waals surface area contributed by atoms with E-state index in [1.165, 1.54) is 18.5 Å². The maximum atomic E-state index is 15.1. The van der Waals surface area contributed by atoms with Gasteiger partial charge in [0, 0.05) is 17.7 Å². The highest BCUT2D eigenvalue weighted by Gasteiger charge is 2.45. The lowest BCUT2D eigenvalue weighted by Crippen LogP contribution is -2.31. The zero-order valence-corrected chi connectivity index (χ0v) is 17.1. The first-order chi connectivity index (χ1) is 15.7. The van der Waals surface area contributed by atoms with Gasteiger partial charge >= 0.3 is 0 Å². The number of anilines is 1. The number of ether oxygens (including phenoxy) is 1. The molecule has 0 spiro atoms. The number of nitrogens with one attached hydrogen (secondary N) is 1. The van der Waals surface area contributed by atoms with E-state index in [9.17, 15) is 27.9 Å². The number of hydrogen-bond acceptors (Lipinski definition) is 5. The molecule has 2 aromatic carbocycles. The highest BCUT2D eigenvalue weighted by molar-refractivity contribution is 6.16. The highest BCUT2D eigenvalue weighted by atomic mass is 19.3. The van der Waals surface area contributed by atoms with Crippen LogP contribution in [-0.4, -0.2) is 39.8 Å². The number of alkyl halides is 2. The van der Waals surface area contributed by atoms with Crippen molar-refractivity contribution in [2.24, 2.45) is 0 Å². The Labute approximate surface area is 184 Å². The molecule has 1 atom stereocenters. The number of H-pyrrole nitrogens is 1. The normalized spacial score (nSPS) is 16.4. The summed E-state index contributed by atoms with van der Waals surface area (Å²) in [6.07, 6.45) is -1.92. The number of aliphatic hydroxyl groups is 1. The molecule has 0 radical (unpaired) electrons. The molecule has 11 heteroatoms. The Kier molecular flexibility index (Phi) is 5.79. The van der Waals surface area contributed by atoms with Crippen molar-refractivity contribution >= 4 is 28.4 Å². The van der Waals surface area contributed by atoms with Crippen molar-refractivity contribution in [2.45, 2.75) is 25.8 Å². The van der Waals surface area contributed by atoms with Gasteiger partial charge in [0.25, 0.3) is 5.91 Å². The molecule has 1 aliphatic heterocycles. The second-order valence-corrected chi connectivity index (χ2v) is 7.31. The smallest absolute Gasteiger partial charge is 0.294 e. The van der Waals surface area contributed by atoms with E-state index in [0.717, 1.165) is 24.0 Å². The van der Waals surface area contributed by atoms with Gasteiger partial charge in [-0.1, -0.05) is 0 Å². The van der Waals surface area contributed by atoms with Crippen molar-refractivity contribution < 1.29 is 37.0 Å². The lowest BCUT2D eigenvalue weighted by molar-refractivity contribution is -0.117. The quantitative estimate of drug-likeness (QED) is 0.508. The first-order valence-electron chi connectivity index (χ1n) is 9.80. The number of hydrogen-bond donors (Lipinski definition) is 2. The predicted octanol–water partition coefficient (Wildman–Crippen LogP) is 4.36. The van der Waals surface area contributed by atoms with Gasteiger partial charge in [-0.05, 0) is 37.3 Å². The lowest BCUT2D eigenvalue weighted by atomic mass is 9.95. The molecule has 1 aromatic heterocycles. The summed E-state index contributed by atoms with van der Waals surface area (Å²) in [7, 11) is 0. The molecule has 172 valence electrons. The fourth-order valence-corrected chi connectivity index (χ4v) is 3.73. The summed E-state index contributed by atoms with van der Waals surface area (Å²) < 4.78 is 59.3. The first-order valence-corrected chi connectivity index (χ1v) is 9.80. The van der Waals surface area contributed by atoms with Crippen molar-refractivity contribution in [3.05, 3.63) is 65.2 Å². The number of aromatic amines is 1. The van der Waals surface area contributed by atoms with E-state index in [1.807, 2.05) is 0 Å². The SMILES string of the molecule is CC(=O)C1=C(O)C(=O)N(c2ccc3nc[nH]c3c2)C1c1ccc(OCCC(F)F)c(F)c1F. The molecule has 2 N–H and O–H groups in total. The third-order valence-corrected chi connectivity index (χ3v) is 5.23. The van der Waals surface area contributed by atoms with Crippen LogP contribution in [0, 0.1) is 11.6 Å². The largest absolute Gasteiger partial charge is 0.503 e. The van der Waals surface area contributed by atoms with Crippen LogP contribution >= 0.6 is 0 Å². The van der Waals surface area contributed by atoms with E-state index in [1.54, 1.807) is 6.07 Å². The van der Waals surface area contributed by atoms with Crippen LogP contribution in [0.5, 0.6) is 5.75 Å². The molecule has 0 fully saturated rings. The van der Waals surface area contributed by atoms with Crippen molar-refractivity contribution in [1.29, 1.82) is 0 Å². The predicted molar refractivity (Wildman–Crippen MR) is 109 cm³/mol. The average molecular weight is 463 g/mol. The van der Waals surface area contributed by atoms with Gasteiger partial charge < -0.3 is 14.8 Å². The van der Waals surface area contributed by atoms with Crippen molar-refractivity contribution in [3.63, 3.8) is 0 Å². The molecular weight excluding hydrogens is 446 g/mol. The van der Waals surface area contributed by atoms with Gasteiger partial charge in [-0.25, -0.2) is 18.2 Å². The zero-order chi connectivity index (χ0) is 23.9. The standard InChI is InChI=1S/C22H17F4N3O4/c1-10(30)17-20(12-3-5-15(19(26)18(12)25)33-7-6-16(23)24)29(22(32)21(17)31)11-2-4-13-14(8-11)28-9-27-13/h2-5,8-9,16,20,31H,6-7H2,1H3,(H,27,28). The molecule has 0 saturated carbocycles. The van der Waals surface area contributed by atoms with Crippen LogP contribution in [0.3, 0.4) is 0 Å². The van der Waals surface area contributed by atoms with Crippen LogP contribution in [0.1, 0.15) is 24.9 Å². The second kappa shape index (κ2) is 8.57. The zero-order valence-electron chi connectivity index (χ0n) is 17.1. The molecule has 3 aromatic rings. The number of Topliss-reactive ketones (excluding diaryl/α,β-unsaturated/α-hetero) is 1. The number of imidazole rings is 1. The van der Waals surface area contributed by atoms with Crippen molar-refractivity contribution in [2.75, 3.05) is 11.5 Å². The minimum Gasteiger partial charge on any atom is -0.503 e. The molecule has 0 saturated heterocycles.